The fourth-order valence-electron chi connectivity index (χ4n) is 6.60. The van der Waals surface area contributed by atoms with Crippen LogP contribution in [0.3, 0.4) is 0 Å². The molecule has 0 radical (unpaired) electrons. The van der Waals surface area contributed by atoms with Crippen LogP contribution in [0.25, 0.3) is 0 Å². The first-order chi connectivity index (χ1) is 28.0. The summed E-state index contributed by atoms with van der Waals surface area (Å²) in [5, 5.41) is 164. The lowest BCUT2D eigenvalue weighted by molar-refractivity contribution is -0.380. The van der Waals surface area contributed by atoms with Crippen LogP contribution in [-0.4, -0.2) is 253 Å². The zero-order valence-corrected chi connectivity index (χ0v) is 29.7. The van der Waals surface area contributed by atoms with Gasteiger partial charge in [0.1, 0.15) is 85.5 Å². The van der Waals surface area contributed by atoms with E-state index in [0.717, 1.165) is 0 Å². The molecule has 0 aromatic carbocycles. The summed E-state index contributed by atoms with van der Waals surface area (Å²) in [5.41, 5.74) is 0. The molecule has 5 aliphatic rings. The van der Waals surface area contributed by atoms with Crippen molar-refractivity contribution in [1.82, 2.24) is 0 Å². The maximum atomic E-state index is 12.3. The van der Waals surface area contributed by atoms with Crippen molar-refractivity contribution in [2.24, 2.45) is 0 Å². The number of ether oxygens (including phenoxy) is 9. The highest BCUT2D eigenvalue weighted by atomic mass is 16.8. The summed E-state index contributed by atoms with van der Waals surface area (Å²) in [4.78, 5) is 59.8. The molecule has 0 amide bonds. The first kappa shape index (κ1) is 47.2. The molecule has 340 valence electrons. The minimum atomic E-state index is -2.54. The standard InChI is InChI=1S/C30H40O30/c31-2-1-3(21(41)42)52-27(4(2)32)54-14-6(34)10(38)29(58-18(14)23(45)46)56-16-8(36)12(40)30(60-20(16)25(49)50)57-15-7(35)11(39)28(59-19(15)24(47)48)55-13-5(33)9(37)26(51)53-17(13)22(43)44/h1-2,4-20,26-40,51H,(H,41,42)(H,43,44)(H,45,46)(H,47,48)(H,49,50)/t2-,4+,5+,6+,7+,8+,9+,10+,11+,12+,13-,14-,15-,16-,17-,18-,19-,20-,26?,27-,28+,29+,30+/m0/s1. The monoisotopic (exact) mass is 880 g/mol. The van der Waals surface area contributed by atoms with Gasteiger partial charge >= 0.3 is 29.8 Å². The zero-order chi connectivity index (χ0) is 44.8. The van der Waals surface area contributed by atoms with Gasteiger partial charge in [-0.3, -0.25) is 0 Å². The minimum absolute atomic E-state index is 0.569. The van der Waals surface area contributed by atoms with Gasteiger partial charge in [-0.25, -0.2) is 24.0 Å². The number of aliphatic hydroxyl groups excluding tert-OH is 11. The van der Waals surface area contributed by atoms with E-state index in [-0.39, 0.29) is 0 Å². The highest BCUT2D eigenvalue weighted by Crippen LogP contribution is 2.35. The second-order valence-electron chi connectivity index (χ2n) is 13.7. The second kappa shape index (κ2) is 18.6. The molecule has 0 aromatic rings. The molecule has 0 bridgehead atoms. The molecule has 5 rings (SSSR count). The first-order valence-corrected chi connectivity index (χ1v) is 17.2. The number of hydrogen-bond acceptors (Lipinski definition) is 25. The normalized spacial score (nSPS) is 47.3. The Morgan fingerprint density at radius 3 is 1.02 bits per heavy atom. The number of aliphatic carboxylic acids is 5. The van der Waals surface area contributed by atoms with Gasteiger partial charge < -0.3 is 124 Å². The molecule has 30 heteroatoms. The topological polar surface area (TPSA) is 492 Å². The van der Waals surface area contributed by atoms with Gasteiger partial charge in [-0.05, 0) is 6.08 Å². The first-order valence-electron chi connectivity index (χ1n) is 17.2. The molecule has 0 spiro atoms. The Labute approximate surface area is 331 Å². The van der Waals surface area contributed by atoms with E-state index in [4.69, 9.17) is 37.9 Å². The maximum Gasteiger partial charge on any atom is 0.371 e. The molecule has 60 heavy (non-hydrogen) atoms. The molecule has 0 aromatic heterocycles. The number of aliphatic hydroxyl groups is 11. The molecule has 23 atom stereocenters. The van der Waals surface area contributed by atoms with E-state index in [1.54, 1.807) is 0 Å². The Morgan fingerprint density at radius 2 is 0.700 bits per heavy atom. The van der Waals surface area contributed by atoms with E-state index in [1.807, 2.05) is 0 Å². The molecule has 5 aliphatic heterocycles. The summed E-state index contributed by atoms with van der Waals surface area (Å²) in [6, 6.07) is 0. The lowest BCUT2D eigenvalue weighted by Crippen LogP contribution is -2.68. The summed E-state index contributed by atoms with van der Waals surface area (Å²) >= 11 is 0. The maximum absolute atomic E-state index is 12.3. The van der Waals surface area contributed by atoms with Crippen molar-refractivity contribution in [3.8, 4) is 0 Å². The van der Waals surface area contributed by atoms with Gasteiger partial charge in [-0.1, -0.05) is 0 Å². The predicted octanol–water partition coefficient (Wildman–Crippen LogP) is -10.3. The molecule has 0 aliphatic carbocycles. The van der Waals surface area contributed by atoms with Crippen molar-refractivity contribution in [1.29, 1.82) is 0 Å². The SMILES string of the molecule is O=C(O)C1=C[C@H](O)[C@@H](O)[C@H](O[C@H]2[C@H](O)[C@@H](O)[C@H](O[C@H]3[C@H](O)[C@@H](O)[C@H](O[C@H]4[C@H](O)[C@@H](O)[C@H](O[C@H]5[C@H](O)[C@@H](O)C(O)O[C@@H]5C(=O)O)O[C@@H]4C(=O)O)O[C@@H]3C(=O)O)O[C@@H]2C(=O)O)O1. The third-order valence-corrected chi connectivity index (χ3v) is 9.74. The second-order valence-corrected chi connectivity index (χ2v) is 13.7. The van der Waals surface area contributed by atoms with Crippen LogP contribution in [0.15, 0.2) is 11.8 Å². The molecule has 0 saturated carbocycles. The van der Waals surface area contributed by atoms with Crippen molar-refractivity contribution in [2.75, 3.05) is 0 Å². The number of carboxylic acid groups (broad SMARTS) is 5. The third kappa shape index (κ3) is 9.31. The van der Waals surface area contributed by atoms with Crippen LogP contribution in [0.2, 0.25) is 0 Å². The van der Waals surface area contributed by atoms with Crippen molar-refractivity contribution < 1.29 is 148 Å². The van der Waals surface area contributed by atoms with Gasteiger partial charge in [0.05, 0.1) is 0 Å². The smallest absolute Gasteiger partial charge is 0.371 e. The summed E-state index contributed by atoms with van der Waals surface area (Å²) < 4.78 is 46.0. The van der Waals surface area contributed by atoms with Gasteiger partial charge in [0.25, 0.3) is 0 Å². The van der Waals surface area contributed by atoms with E-state index in [2.05, 4.69) is 4.74 Å². The van der Waals surface area contributed by atoms with Crippen LogP contribution >= 0.6 is 0 Å². The van der Waals surface area contributed by atoms with Crippen molar-refractivity contribution in [3.63, 3.8) is 0 Å². The van der Waals surface area contributed by atoms with E-state index >= 15 is 0 Å². The molecule has 1 unspecified atom stereocenters. The average Bonchev–Trinajstić information content (AvgIpc) is 3.17. The van der Waals surface area contributed by atoms with Crippen molar-refractivity contribution in [2.45, 2.75) is 141 Å². The van der Waals surface area contributed by atoms with Gasteiger partial charge in [0, 0.05) is 0 Å². The highest BCUT2D eigenvalue weighted by Gasteiger charge is 2.59. The Hall–Kier alpha value is -3.87. The quantitative estimate of drug-likeness (QED) is 0.0816. The zero-order valence-electron chi connectivity index (χ0n) is 29.7. The molecular weight excluding hydrogens is 840 g/mol. The largest absolute Gasteiger partial charge is 0.479 e. The van der Waals surface area contributed by atoms with Gasteiger partial charge in [-0.2, -0.15) is 0 Å². The van der Waals surface area contributed by atoms with Crippen LogP contribution in [0, 0.1) is 0 Å². The van der Waals surface area contributed by atoms with Gasteiger partial charge in [0.2, 0.25) is 12.0 Å². The van der Waals surface area contributed by atoms with E-state index in [1.165, 1.54) is 0 Å². The summed E-state index contributed by atoms with van der Waals surface area (Å²) in [5.74, 6) is -10.7. The fourth-order valence-corrected chi connectivity index (χ4v) is 6.60. The summed E-state index contributed by atoms with van der Waals surface area (Å²) in [6.45, 7) is 0. The molecule has 16 N–H and O–H groups in total. The van der Waals surface area contributed by atoms with Gasteiger partial charge in [-0.15, -0.1) is 0 Å². The molecule has 5 heterocycles. The number of hydrogen-bond donors (Lipinski definition) is 16. The van der Waals surface area contributed by atoms with Crippen LogP contribution in [0.5, 0.6) is 0 Å². The summed E-state index contributed by atoms with van der Waals surface area (Å²) in [6.07, 6.45) is -53.5. The summed E-state index contributed by atoms with van der Waals surface area (Å²) in [7, 11) is 0. The van der Waals surface area contributed by atoms with Gasteiger partial charge in [0.15, 0.2) is 49.6 Å². The predicted molar refractivity (Wildman–Crippen MR) is 168 cm³/mol. The number of carboxylic acids is 5. The molecule has 4 saturated heterocycles. The van der Waals surface area contributed by atoms with Crippen LogP contribution in [-0.2, 0) is 66.6 Å². The minimum Gasteiger partial charge on any atom is -0.479 e. The van der Waals surface area contributed by atoms with Crippen molar-refractivity contribution >= 4 is 29.8 Å². The highest BCUT2D eigenvalue weighted by molar-refractivity contribution is 5.84. The van der Waals surface area contributed by atoms with E-state index < -0.39 is 177 Å². The Balaban J connectivity index is 1.30. The van der Waals surface area contributed by atoms with Crippen molar-refractivity contribution in [3.05, 3.63) is 11.8 Å². The lowest BCUT2D eigenvalue weighted by Gasteiger charge is -2.48. The van der Waals surface area contributed by atoms with Crippen LogP contribution in [0.1, 0.15) is 0 Å². The third-order valence-electron chi connectivity index (χ3n) is 9.74. The van der Waals surface area contributed by atoms with Crippen LogP contribution in [0.4, 0.5) is 0 Å². The lowest BCUT2D eigenvalue weighted by atomic mass is 9.95. The molecule has 4 fully saturated rings. The van der Waals surface area contributed by atoms with Crippen LogP contribution < -0.4 is 0 Å². The number of carbonyl (C=O) groups is 5. The Morgan fingerprint density at radius 1 is 0.400 bits per heavy atom. The Kier molecular flexibility index (Phi) is 14.6. The molecule has 30 nitrogen and oxygen atoms in total. The van der Waals surface area contributed by atoms with E-state index in [0.29, 0.717) is 6.08 Å². The number of rotatable bonds is 13. The average molecular weight is 881 g/mol. The van der Waals surface area contributed by atoms with E-state index in [9.17, 15) is 106 Å². The Bertz CT molecular complexity index is 1630. The molecular formula is C30H40O30. The fraction of sp³-hybridized carbons (Fsp3) is 0.767.